The van der Waals surface area contributed by atoms with Gasteiger partial charge < -0.3 is 24.7 Å². The molecule has 0 saturated carbocycles. The van der Waals surface area contributed by atoms with Crippen LogP contribution in [0.5, 0.6) is 0 Å². The maximum atomic E-state index is 5.79. The van der Waals surface area contributed by atoms with Crippen molar-refractivity contribution >= 4 is 5.96 Å². The van der Waals surface area contributed by atoms with Crippen LogP contribution in [-0.2, 0) is 22.6 Å². The number of imidazole rings is 1. The summed E-state index contributed by atoms with van der Waals surface area (Å²) in [6.07, 6.45) is 7.10. The topological polar surface area (TPSA) is 72.7 Å². The Balaban J connectivity index is 1.57. The maximum absolute atomic E-state index is 5.79. The number of aromatic nitrogens is 2. The lowest BCUT2D eigenvalue weighted by Crippen LogP contribution is -2.38. The van der Waals surface area contributed by atoms with Crippen LogP contribution < -0.4 is 10.6 Å². The summed E-state index contributed by atoms with van der Waals surface area (Å²) in [4.78, 5) is 8.70. The van der Waals surface area contributed by atoms with Gasteiger partial charge in [-0.05, 0) is 31.1 Å². The minimum absolute atomic E-state index is 0.599. The lowest BCUT2D eigenvalue weighted by molar-refractivity contribution is 0.0203. The molecule has 7 heteroatoms. The molecular weight excluding hydrogens is 330 g/mol. The summed E-state index contributed by atoms with van der Waals surface area (Å²) in [5.74, 6) is 3.09. The number of ether oxygens (including phenoxy) is 2. The van der Waals surface area contributed by atoms with E-state index in [-0.39, 0.29) is 0 Å². The molecule has 26 heavy (non-hydrogen) atoms. The highest BCUT2D eigenvalue weighted by Crippen LogP contribution is 2.14. The quantitative estimate of drug-likeness (QED) is 0.377. The maximum Gasteiger partial charge on any atom is 0.191 e. The number of guanidine groups is 1. The summed E-state index contributed by atoms with van der Waals surface area (Å²) in [6, 6.07) is 0. The van der Waals surface area contributed by atoms with E-state index >= 15 is 0 Å². The molecule has 2 N–H and O–H groups in total. The van der Waals surface area contributed by atoms with E-state index in [1.54, 1.807) is 7.05 Å². The number of hydrogen-bond donors (Lipinski definition) is 2. The summed E-state index contributed by atoms with van der Waals surface area (Å²) >= 11 is 0. The second-order valence-corrected chi connectivity index (χ2v) is 7.23. The van der Waals surface area contributed by atoms with Crippen LogP contribution in [0.4, 0.5) is 0 Å². The van der Waals surface area contributed by atoms with Crippen molar-refractivity contribution in [1.82, 2.24) is 20.2 Å². The zero-order valence-electron chi connectivity index (χ0n) is 16.5. The smallest absolute Gasteiger partial charge is 0.191 e. The van der Waals surface area contributed by atoms with Crippen LogP contribution in [0.1, 0.15) is 38.9 Å². The van der Waals surface area contributed by atoms with Crippen LogP contribution >= 0.6 is 0 Å². The van der Waals surface area contributed by atoms with Crippen molar-refractivity contribution in [1.29, 1.82) is 0 Å². The lowest BCUT2D eigenvalue weighted by atomic mass is 10.0. The van der Waals surface area contributed by atoms with Gasteiger partial charge in [0.25, 0.3) is 0 Å². The first kappa shape index (κ1) is 20.7. The van der Waals surface area contributed by atoms with Gasteiger partial charge in [0.2, 0.25) is 0 Å². The Morgan fingerprint density at radius 2 is 2.19 bits per heavy atom. The van der Waals surface area contributed by atoms with E-state index in [9.17, 15) is 0 Å². The predicted octanol–water partition coefficient (Wildman–Crippen LogP) is 2.04. The van der Waals surface area contributed by atoms with Gasteiger partial charge in [0.15, 0.2) is 5.96 Å². The van der Waals surface area contributed by atoms with Gasteiger partial charge in [-0.2, -0.15) is 0 Å². The number of nitrogens with zero attached hydrogens (tertiary/aromatic N) is 3. The summed E-state index contributed by atoms with van der Waals surface area (Å²) in [7, 11) is 1.79. The standard InChI is InChI=1S/C19H35N5O2/c1-16(2)14-24-9-8-21-18(24)13-23-19(20-3)22-7-4-10-26-15-17-5-11-25-12-6-17/h8-9,16-17H,4-7,10-15H2,1-3H3,(H2,20,22,23). The van der Waals surface area contributed by atoms with E-state index in [0.717, 1.165) is 70.6 Å². The Hall–Kier alpha value is -1.60. The number of hydrogen-bond acceptors (Lipinski definition) is 4. The molecule has 148 valence electrons. The molecule has 7 nitrogen and oxygen atoms in total. The van der Waals surface area contributed by atoms with Crippen LogP contribution in [0.3, 0.4) is 0 Å². The fourth-order valence-corrected chi connectivity index (χ4v) is 2.99. The molecule has 1 fully saturated rings. The molecule has 1 aliphatic heterocycles. The van der Waals surface area contributed by atoms with E-state index in [0.29, 0.717) is 18.4 Å². The third-order valence-corrected chi connectivity index (χ3v) is 4.45. The summed E-state index contributed by atoms with van der Waals surface area (Å²) in [6.45, 7) is 10.3. The molecule has 0 atom stereocenters. The van der Waals surface area contributed by atoms with Crippen molar-refractivity contribution in [2.75, 3.05) is 40.0 Å². The average molecular weight is 366 g/mol. The third-order valence-electron chi connectivity index (χ3n) is 4.45. The lowest BCUT2D eigenvalue weighted by Gasteiger charge is -2.21. The molecule has 1 aliphatic rings. The number of aliphatic imine (C=N–C) groups is 1. The van der Waals surface area contributed by atoms with E-state index < -0.39 is 0 Å². The molecule has 1 aromatic heterocycles. The van der Waals surface area contributed by atoms with Crippen LogP contribution in [0.25, 0.3) is 0 Å². The Kier molecular flexibility index (Phi) is 9.48. The molecule has 2 heterocycles. The molecular formula is C19H35N5O2. The SMILES string of the molecule is CN=C(NCCCOCC1CCOCC1)NCc1nccn1CC(C)C. The predicted molar refractivity (Wildman–Crippen MR) is 104 cm³/mol. The first-order valence-corrected chi connectivity index (χ1v) is 9.79. The van der Waals surface area contributed by atoms with Crippen LogP contribution in [0.2, 0.25) is 0 Å². The van der Waals surface area contributed by atoms with Crippen molar-refractivity contribution in [3.63, 3.8) is 0 Å². The summed E-state index contributed by atoms with van der Waals surface area (Å²) in [5, 5.41) is 6.66. The summed E-state index contributed by atoms with van der Waals surface area (Å²) in [5.41, 5.74) is 0. The molecule has 1 aromatic rings. The molecule has 0 amide bonds. The first-order chi connectivity index (χ1) is 12.7. The molecule has 2 rings (SSSR count). The monoisotopic (exact) mass is 365 g/mol. The number of nitrogens with one attached hydrogen (secondary N) is 2. The highest BCUT2D eigenvalue weighted by molar-refractivity contribution is 5.79. The van der Waals surface area contributed by atoms with Crippen molar-refractivity contribution < 1.29 is 9.47 Å². The van der Waals surface area contributed by atoms with Gasteiger partial charge in [-0.1, -0.05) is 13.8 Å². The normalized spacial score (nSPS) is 16.2. The third kappa shape index (κ3) is 7.74. The fraction of sp³-hybridized carbons (Fsp3) is 0.789. The molecule has 1 saturated heterocycles. The summed E-state index contributed by atoms with van der Waals surface area (Å²) < 4.78 is 13.3. The van der Waals surface area contributed by atoms with E-state index in [1.807, 2.05) is 12.4 Å². The van der Waals surface area contributed by atoms with Crippen LogP contribution in [0, 0.1) is 11.8 Å². The van der Waals surface area contributed by atoms with Gasteiger partial charge in [0.1, 0.15) is 5.82 Å². The van der Waals surface area contributed by atoms with Gasteiger partial charge in [0, 0.05) is 59.0 Å². The number of rotatable bonds is 10. The Morgan fingerprint density at radius 1 is 1.38 bits per heavy atom. The van der Waals surface area contributed by atoms with Gasteiger partial charge in [0.05, 0.1) is 6.54 Å². The Bertz CT molecular complexity index is 524. The molecule has 0 bridgehead atoms. The zero-order chi connectivity index (χ0) is 18.6. The van der Waals surface area contributed by atoms with Crippen molar-refractivity contribution in [2.45, 2.75) is 46.2 Å². The molecule has 0 unspecified atom stereocenters. The second-order valence-electron chi connectivity index (χ2n) is 7.23. The van der Waals surface area contributed by atoms with E-state index in [2.05, 4.69) is 39.0 Å². The van der Waals surface area contributed by atoms with Crippen molar-refractivity contribution in [3.8, 4) is 0 Å². The van der Waals surface area contributed by atoms with Gasteiger partial charge in [-0.3, -0.25) is 4.99 Å². The van der Waals surface area contributed by atoms with Crippen LogP contribution in [0.15, 0.2) is 17.4 Å². The molecule has 0 radical (unpaired) electrons. The van der Waals surface area contributed by atoms with Crippen LogP contribution in [-0.4, -0.2) is 55.5 Å². The highest BCUT2D eigenvalue weighted by atomic mass is 16.5. The van der Waals surface area contributed by atoms with Gasteiger partial charge in [-0.25, -0.2) is 4.98 Å². The minimum atomic E-state index is 0.599. The first-order valence-electron chi connectivity index (χ1n) is 9.79. The van der Waals surface area contributed by atoms with E-state index in [4.69, 9.17) is 9.47 Å². The Morgan fingerprint density at radius 3 is 2.92 bits per heavy atom. The Labute approximate surface area is 157 Å². The highest BCUT2D eigenvalue weighted by Gasteiger charge is 2.13. The zero-order valence-corrected chi connectivity index (χ0v) is 16.5. The van der Waals surface area contributed by atoms with E-state index in [1.165, 1.54) is 0 Å². The minimum Gasteiger partial charge on any atom is -0.381 e. The molecule has 0 aromatic carbocycles. The average Bonchev–Trinajstić information content (AvgIpc) is 3.07. The fourth-order valence-electron chi connectivity index (χ4n) is 2.99. The van der Waals surface area contributed by atoms with Gasteiger partial charge >= 0.3 is 0 Å². The largest absolute Gasteiger partial charge is 0.381 e. The van der Waals surface area contributed by atoms with Crippen molar-refractivity contribution in [2.24, 2.45) is 16.8 Å². The molecule has 0 aliphatic carbocycles. The van der Waals surface area contributed by atoms with Crippen molar-refractivity contribution in [3.05, 3.63) is 18.2 Å². The van der Waals surface area contributed by atoms with Gasteiger partial charge in [-0.15, -0.1) is 0 Å². The second kappa shape index (κ2) is 11.9. The molecule has 0 spiro atoms.